The van der Waals surface area contributed by atoms with Crippen molar-refractivity contribution >= 4 is 7.60 Å². The van der Waals surface area contributed by atoms with Crippen molar-refractivity contribution in [2.45, 2.75) is 30.2 Å². The van der Waals surface area contributed by atoms with Gasteiger partial charge in [0, 0.05) is 6.20 Å². The molecule has 2 rings (SSSR count). The number of nitrogens with zero attached hydrogens (tertiary/aromatic N) is 2. The molecule has 0 bridgehead atoms. The maximum absolute atomic E-state index is 13.5. The predicted octanol–water partition coefficient (Wildman–Crippen LogP) is -1.92. The van der Waals surface area contributed by atoms with Crippen molar-refractivity contribution < 1.29 is 43.2 Å². The Hall–Kier alpha value is -1.27. The molecule has 1 fully saturated rings. The van der Waals surface area contributed by atoms with Gasteiger partial charge in [-0.15, -0.1) is 0 Å². The molecule has 13 heteroatoms. The average Bonchev–Trinajstić information content (AvgIpc) is 2.73. The van der Waals surface area contributed by atoms with Crippen LogP contribution in [0.1, 0.15) is 11.9 Å². The van der Waals surface area contributed by atoms with Crippen molar-refractivity contribution in [2.75, 3.05) is 6.61 Å². The molecule has 1 saturated heterocycles. The second kappa shape index (κ2) is 5.98. The normalized spacial score (nSPS) is 29.0. The number of hydrogen-bond acceptors (Lipinski definition) is 7. The summed E-state index contributed by atoms with van der Waals surface area (Å²) in [5.41, 5.74) is -7.49. The third kappa shape index (κ3) is 3.06. The summed E-state index contributed by atoms with van der Waals surface area (Å²) in [4.78, 5) is 31.9. The Labute approximate surface area is 126 Å². The van der Waals surface area contributed by atoms with E-state index in [1.54, 1.807) is 0 Å². The third-order valence-corrected chi connectivity index (χ3v) is 4.26. The first-order chi connectivity index (χ1) is 10.5. The summed E-state index contributed by atoms with van der Waals surface area (Å²) in [5.74, 6) is 0. The molecule has 0 spiro atoms. The van der Waals surface area contributed by atoms with E-state index in [4.69, 9.17) is 19.6 Å². The van der Waals surface area contributed by atoms with Gasteiger partial charge in [0.05, 0.1) is 6.61 Å². The average molecular weight is 358 g/mol. The molecule has 4 atom stereocenters. The smallest absolute Gasteiger partial charge is 0.394 e. The minimum atomic E-state index is -5.89. The monoisotopic (exact) mass is 358 g/mol. The van der Waals surface area contributed by atoms with E-state index in [0.717, 1.165) is 0 Å². The van der Waals surface area contributed by atoms with Crippen LogP contribution in [0, 0.1) is 0 Å². The topological polar surface area (TPSA) is 162 Å². The zero-order valence-electron chi connectivity index (χ0n) is 11.2. The fourth-order valence-electron chi connectivity index (χ4n) is 2.03. The maximum atomic E-state index is 13.5. The first-order valence-electron chi connectivity index (χ1n) is 6.16. The Bertz CT molecular complexity index is 692. The van der Waals surface area contributed by atoms with Crippen LogP contribution >= 0.6 is 7.60 Å². The van der Waals surface area contributed by atoms with Crippen molar-refractivity contribution in [3.8, 4) is 0 Å². The minimum Gasteiger partial charge on any atom is -0.394 e. The van der Waals surface area contributed by atoms with E-state index in [1.165, 1.54) is 0 Å². The van der Waals surface area contributed by atoms with Crippen LogP contribution in [0.15, 0.2) is 17.1 Å². The molecule has 0 aromatic carbocycles. The minimum absolute atomic E-state index is 0.481. The van der Waals surface area contributed by atoms with Gasteiger partial charge in [0.2, 0.25) is 0 Å². The van der Waals surface area contributed by atoms with Crippen molar-refractivity contribution in [1.29, 1.82) is 0 Å². The van der Waals surface area contributed by atoms with Gasteiger partial charge < -0.3 is 29.8 Å². The molecule has 0 unspecified atom stereocenters. The molecule has 5 N–H and O–H groups in total. The van der Waals surface area contributed by atoms with E-state index in [0.29, 0.717) is 16.8 Å². The first-order valence-corrected chi connectivity index (χ1v) is 7.77. The zero-order chi connectivity index (χ0) is 17.6. The van der Waals surface area contributed by atoms with Gasteiger partial charge in [-0.3, -0.25) is 9.13 Å². The molecule has 10 nitrogen and oxygen atoms in total. The van der Waals surface area contributed by atoms with Crippen LogP contribution in [0.5, 0.6) is 0 Å². The Morgan fingerprint density at radius 2 is 1.96 bits per heavy atom. The highest BCUT2D eigenvalue weighted by Crippen LogP contribution is 2.58. The summed E-state index contributed by atoms with van der Waals surface area (Å²) in [6, 6.07) is 0.481. The molecule has 2 heterocycles. The molecule has 1 aromatic heterocycles. The van der Waals surface area contributed by atoms with E-state index in [9.17, 15) is 28.4 Å². The molecule has 0 radical (unpaired) electrons. The van der Waals surface area contributed by atoms with E-state index in [1.807, 2.05) is 0 Å². The standard InChI is InChI=1S/C10H13F2N2O8P/c11-10(12,23(19,20)21)5-1-2-14(9(18)13-5)8-7(17)6(16)4(3-15)22-8/h1-2,4,6-8,15-17H,3H2,(H2,19,20,21)/t4-,6-,7-,8-/m1/s1. The molecule has 1 aromatic rings. The highest BCUT2D eigenvalue weighted by Gasteiger charge is 2.52. The van der Waals surface area contributed by atoms with Gasteiger partial charge in [-0.05, 0) is 6.07 Å². The molecular formula is C10H13F2N2O8P. The van der Waals surface area contributed by atoms with Gasteiger partial charge in [0.1, 0.15) is 24.0 Å². The van der Waals surface area contributed by atoms with E-state index in [2.05, 4.69) is 4.98 Å². The molecule has 130 valence electrons. The summed E-state index contributed by atoms with van der Waals surface area (Å²) >= 11 is 0. The Balaban J connectivity index is 2.39. The number of aliphatic hydroxyl groups is 3. The number of halogens is 2. The quantitative estimate of drug-likeness (QED) is 0.386. The first kappa shape index (κ1) is 18.1. The number of rotatable bonds is 4. The van der Waals surface area contributed by atoms with Crippen LogP contribution in [-0.2, 0) is 15.0 Å². The van der Waals surface area contributed by atoms with Crippen molar-refractivity contribution in [3.63, 3.8) is 0 Å². The molecule has 1 aliphatic rings. The van der Waals surface area contributed by atoms with Gasteiger partial charge in [-0.2, -0.15) is 13.8 Å². The highest BCUT2D eigenvalue weighted by atomic mass is 31.2. The van der Waals surface area contributed by atoms with Gasteiger partial charge >= 0.3 is 18.9 Å². The second-order valence-electron chi connectivity index (χ2n) is 4.82. The highest BCUT2D eigenvalue weighted by molar-refractivity contribution is 7.52. The zero-order valence-corrected chi connectivity index (χ0v) is 12.1. The lowest BCUT2D eigenvalue weighted by Crippen LogP contribution is -2.36. The summed E-state index contributed by atoms with van der Waals surface area (Å²) in [5, 5.41) is 28.3. The predicted molar refractivity (Wildman–Crippen MR) is 67.4 cm³/mol. The molecule has 1 aliphatic heterocycles. The lowest BCUT2D eigenvalue weighted by atomic mass is 10.1. The summed E-state index contributed by atoms with van der Waals surface area (Å²) in [7, 11) is -5.89. The van der Waals surface area contributed by atoms with Crippen LogP contribution in [0.3, 0.4) is 0 Å². The maximum Gasteiger partial charge on any atom is 0.401 e. The number of hydrogen-bond donors (Lipinski definition) is 5. The van der Waals surface area contributed by atoms with Crippen LogP contribution in [0.4, 0.5) is 8.78 Å². The number of ether oxygens (including phenoxy) is 1. The molecule has 0 aliphatic carbocycles. The van der Waals surface area contributed by atoms with Crippen LogP contribution in [0.25, 0.3) is 0 Å². The van der Waals surface area contributed by atoms with Gasteiger partial charge in [0.15, 0.2) is 6.23 Å². The lowest BCUT2D eigenvalue weighted by Gasteiger charge is -2.20. The number of alkyl halides is 2. The second-order valence-corrected chi connectivity index (χ2v) is 6.47. The number of aromatic nitrogens is 2. The van der Waals surface area contributed by atoms with Crippen molar-refractivity contribution in [3.05, 3.63) is 28.4 Å². The number of aliphatic hydroxyl groups excluding tert-OH is 3. The largest absolute Gasteiger partial charge is 0.401 e. The lowest BCUT2D eigenvalue weighted by molar-refractivity contribution is -0.0552. The molecule has 0 amide bonds. The summed E-state index contributed by atoms with van der Waals surface area (Å²) in [6.07, 6.45) is -5.17. The SMILES string of the molecule is O=c1nc(C(F)(F)P(=O)(O)O)ccn1[C@@H]1O[C@H](CO)[C@@H](O)[C@H]1O. The summed E-state index contributed by atoms with van der Waals surface area (Å²) in [6.45, 7) is -0.661. The fraction of sp³-hybridized carbons (Fsp3) is 0.600. The van der Waals surface area contributed by atoms with E-state index in [-0.39, 0.29) is 0 Å². The summed E-state index contributed by atoms with van der Waals surface area (Å²) < 4.78 is 43.3. The van der Waals surface area contributed by atoms with Crippen LogP contribution < -0.4 is 5.69 Å². The molecule has 0 saturated carbocycles. The van der Waals surface area contributed by atoms with Crippen LogP contribution in [-0.4, -0.2) is 59.6 Å². The Morgan fingerprint density at radius 3 is 2.39 bits per heavy atom. The third-order valence-electron chi connectivity index (χ3n) is 3.30. The van der Waals surface area contributed by atoms with Gasteiger partial charge in [-0.1, -0.05) is 0 Å². The fourth-order valence-corrected chi connectivity index (χ4v) is 2.46. The molecule has 23 heavy (non-hydrogen) atoms. The van der Waals surface area contributed by atoms with Crippen molar-refractivity contribution in [1.82, 2.24) is 9.55 Å². The van der Waals surface area contributed by atoms with E-state index >= 15 is 0 Å². The Kier molecular flexibility index (Phi) is 4.70. The Morgan fingerprint density at radius 1 is 1.35 bits per heavy atom. The van der Waals surface area contributed by atoms with E-state index < -0.39 is 55.8 Å². The molecular weight excluding hydrogens is 345 g/mol. The van der Waals surface area contributed by atoms with Crippen LogP contribution in [0.2, 0.25) is 0 Å². The van der Waals surface area contributed by atoms with Gasteiger partial charge in [0.25, 0.3) is 0 Å². The van der Waals surface area contributed by atoms with Gasteiger partial charge in [-0.25, -0.2) is 4.79 Å². The van der Waals surface area contributed by atoms with Crippen molar-refractivity contribution in [2.24, 2.45) is 0 Å².